The van der Waals surface area contributed by atoms with Crippen LogP contribution in [0.3, 0.4) is 0 Å². The summed E-state index contributed by atoms with van der Waals surface area (Å²) in [5.74, 6) is 2.56. The highest BCUT2D eigenvalue weighted by Crippen LogP contribution is 2.36. The van der Waals surface area contributed by atoms with Crippen LogP contribution in [0.4, 0.5) is 0 Å². The summed E-state index contributed by atoms with van der Waals surface area (Å²) < 4.78 is 11.4. The molecule has 0 spiro atoms. The summed E-state index contributed by atoms with van der Waals surface area (Å²) in [4.78, 5) is 17.4. The van der Waals surface area contributed by atoms with E-state index < -0.39 is 0 Å². The SMILES string of the molecule is COc1ccccc1Oc1cccc(CN2CCN(C(=O)C3Cc4ccccc43)CC2)c1. The standard InChI is InChI=1S/C27H28N2O3/c1-31-25-11-4-5-12-26(25)32-22-9-6-7-20(17-22)19-28-13-15-29(16-14-28)27(30)24-18-21-8-2-3-10-23(21)24/h2-12,17,24H,13-16,18-19H2,1H3. The molecule has 2 aliphatic rings. The van der Waals surface area contributed by atoms with Crippen LogP contribution in [-0.4, -0.2) is 49.0 Å². The average molecular weight is 429 g/mol. The second-order valence-electron chi connectivity index (χ2n) is 8.46. The largest absolute Gasteiger partial charge is 0.493 e. The van der Waals surface area contributed by atoms with Crippen molar-refractivity contribution in [3.05, 3.63) is 89.5 Å². The van der Waals surface area contributed by atoms with E-state index in [4.69, 9.17) is 9.47 Å². The molecule has 5 heteroatoms. The number of carbonyl (C=O) groups excluding carboxylic acids is 1. The summed E-state index contributed by atoms with van der Waals surface area (Å²) in [6.07, 6.45) is 0.883. The van der Waals surface area contributed by atoms with Gasteiger partial charge in [0.25, 0.3) is 0 Å². The van der Waals surface area contributed by atoms with Crippen LogP contribution in [0.1, 0.15) is 22.6 Å². The number of para-hydroxylation sites is 2. The maximum atomic E-state index is 13.0. The van der Waals surface area contributed by atoms with E-state index in [-0.39, 0.29) is 11.8 Å². The Labute approximate surface area is 189 Å². The van der Waals surface area contributed by atoms with Gasteiger partial charge >= 0.3 is 0 Å². The molecule has 1 aliphatic heterocycles. The number of hydrogen-bond acceptors (Lipinski definition) is 4. The molecule has 164 valence electrons. The summed E-state index contributed by atoms with van der Waals surface area (Å²) in [6, 6.07) is 24.1. The van der Waals surface area contributed by atoms with Crippen molar-refractivity contribution in [1.82, 2.24) is 9.80 Å². The molecule has 0 aromatic heterocycles. The number of nitrogens with zero attached hydrogens (tertiary/aromatic N) is 2. The molecule has 0 N–H and O–H groups in total. The number of benzene rings is 3. The molecule has 1 amide bonds. The molecule has 3 aromatic rings. The van der Waals surface area contributed by atoms with Crippen LogP contribution in [0, 0.1) is 0 Å². The van der Waals surface area contributed by atoms with Gasteiger partial charge in [-0.1, -0.05) is 48.5 Å². The molecule has 1 saturated heterocycles. The molecule has 0 bridgehead atoms. The molecule has 1 aliphatic carbocycles. The summed E-state index contributed by atoms with van der Waals surface area (Å²) in [5, 5.41) is 0. The highest BCUT2D eigenvalue weighted by atomic mass is 16.5. The van der Waals surface area contributed by atoms with E-state index >= 15 is 0 Å². The molecule has 5 nitrogen and oxygen atoms in total. The lowest BCUT2D eigenvalue weighted by Gasteiger charge is -2.39. The maximum Gasteiger partial charge on any atom is 0.230 e. The van der Waals surface area contributed by atoms with Gasteiger partial charge in [-0.3, -0.25) is 9.69 Å². The Bertz CT molecular complexity index is 1110. The highest BCUT2D eigenvalue weighted by Gasteiger charge is 2.35. The number of fused-ring (bicyclic) bond motifs is 1. The van der Waals surface area contributed by atoms with E-state index in [0.717, 1.165) is 44.9 Å². The third-order valence-corrected chi connectivity index (χ3v) is 6.44. The Morgan fingerprint density at radius 1 is 0.906 bits per heavy atom. The van der Waals surface area contributed by atoms with Crippen molar-refractivity contribution in [2.24, 2.45) is 0 Å². The van der Waals surface area contributed by atoms with Crippen LogP contribution >= 0.6 is 0 Å². The summed E-state index contributed by atoms with van der Waals surface area (Å²) >= 11 is 0. The fourth-order valence-electron chi connectivity index (χ4n) is 4.62. The van der Waals surface area contributed by atoms with Gasteiger partial charge in [-0.2, -0.15) is 0 Å². The lowest BCUT2D eigenvalue weighted by molar-refractivity contribution is -0.135. The quantitative estimate of drug-likeness (QED) is 0.581. The van der Waals surface area contributed by atoms with Crippen LogP contribution in [0.25, 0.3) is 0 Å². The first kappa shape index (κ1) is 20.6. The summed E-state index contributed by atoms with van der Waals surface area (Å²) in [6.45, 7) is 4.19. The van der Waals surface area contributed by atoms with Crippen LogP contribution in [-0.2, 0) is 17.8 Å². The molecule has 1 unspecified atom stereocenters. The zero-order valence-corrected chi connectivity index (χ0v) is 18.4. The molecule has 1 atom stereocenters. The van der Waals surface area contributed by atoms with Gasteiger partial charge in [0.15, 0.2) is 11.5 Å². The molecule has 0 radical (unpaired) electrons. The number of rotatable bonds is 6. The van der Waals surface area contributed by atoms with E-state index in [9.17, 15) is 4.79 Å². The molecule has 3 aromatic carbocycles. The molecule has 1 heterocycles. The first-order valence-electron chi connectivity index (χ1n) is 11.2. The van der Waals surface area contributed by atoms with Gasteiger partial charge < -0.3 is 14.4 Å². The van der Waals surface area contributed by atoms with Gasteiger partial charge in [0.05, 0.1) is 13.0 Å². The fraction of sp³-hybridized carbons (Fsp3) is 0.296. The van der Waals surface area contributed by atoms with Crippen molar-refractivity contribution < 1.29 is 14.3 Å². The van der Waals surface area contributed by atoms with Crippen molar-refractivity contribution >= 4 is 5.91 Å². The van der Waals surface area contributed by atoms with Crippen molar-refractivity contribution in [3.8, 4) is 17.2 Å². The monoisotopic (exact) mass is 428 g/mol. The van der Waals surface area contributed by atoms with Gasteiger partial charge in [-0.15, -0.1) is 0 Å². The topological polar surface area (TPSA) is 42.0 Å². The normalized spacial score (nSPS) is 17.9. The first-order valence-corrected chi connectivity index (χ1v) is 11.2. The molecule has 32 heavy (non-hydrogen) atoms. The second kappa shape index (κ2) is 9.05. The third-order valence-electron chi connectivity index (χ3n) is 6.44. The van der Waals surface area contributed by atoms with Crippen LogP contribution < -0.4 is 9.47 Å². The smallest absolute Gasteiger partial charge is 0.230 e. The molecule has 1 fully saturated rings. The molecule has 5 rings (SSSR count). The van der Waals surface area contributed by atoms with Gasteiger partial charge in [-0.25, -0.2) is 0 Å². The second-order valence-corrected chi connectivity index (χ2v) is 8.46. The fourth-order valence-corrected chi connectivity index (χ4v) is 4.62. The number of hydrogen-bond donors (Lipinski definition) is 0. The van der Waals surface area contributed by atoms with Crippen molar-refractivity contribution in [2.75, 3.05) is 33.3 Å². The predicted octanol–water partition coefficient (Wildman–Crippen LogP) is 4.47. The van der Waals surface area contributed by atoms with Gasteiger partial charge in [0.2, 0.25) is 5.91 Å². The lowest BCUT2D eigenvalue weighted by Crippen LogP contribution is -2.50. The number of methoxy groups -OCH3 is 1. The van der Waals surface area contributed by atoms with E-state index in [2.05, 4.69) is 35.2 Å². The number of piperazine rings is 1. The minimum absolute atomic E-state index is 0.0570. The van der Waals surface area contributed by atoms with E-state index in [0.29, 0.717) is 11.5 Å². The lowest BCUT2D eigenvalue weighted by atomic mass is 9.77. The minimum atomic E-state index is 0.0570. The van der Waals surface area contributed by atoms with Crippen molar-refractivity contribution in [1.29, 1.82) is 0 Å². The number of ether oxygens (including phenoxy) is 2. The van der Waals surface area contributed by atoms with Gasteiger partial charge in [0.1, 0.15) is 5.75 Å². The third kappa shape index (κ3) is 4.21. The average Bonchev–Trinajstić information content (AvgIpc) is 2.81. The van der Waals surface area contributed by atoms with Gasteiger partial charge in [0, 0.05) is 32.7 Å². The Morgan fingerprint density at radius 3 is 2.44 bits per heavy atom. The molecular weight excluding hydrogens is 400 g/mol. The van der Waals surface area contributed by atoms with Crippen LogP contribution in [0.5, 0.6) is 17.2 Å². The van der Waals surface area contributed by atoms with Crippen LogP contribution in [0.2, 0.25) is 0 Å². The van der Waals surface area contributed by atoms with Crippen molar-refractivity contribution in [2.45, 2.75) is 18.9 Å². The van der Waals surface area contributed by atoms with E-state index in [1.54, 1.807) is 7.11 Å². The highest BCUT2D eigenvalue weighted by molar-refractivity contribution is 5.87. The zero-order valence-electron chi connectivity index (χ0n) is 18.4. The number of amides is 1. The Morgan fingerprint density at radius 2 is 1.66 bits per heavy atom. The predicted molar refractivity (Wildman–Crippen MR) is 124 cm³/mol. The zero-order chi connectivity index (χ0) is 21.9. The summed E-state index contributed by atoms with van der Waals surface area (Å²) in [7, 11) is 1.65. The van der Waals surface area contributed by atoms with Crippen molar-refractivity contribution in [3.63, 3.8) is 0 Å². The first-order chi connectivity index (χ1) is 15.7. The van der Waals surface area contributed by atoms with Crippen LogP contribution in [0.15, 0.2) is 72.8 Å². The number of carbonyl (C=O) groups is 1. The Balaban J connectivity index is 1.16. The maximum absolute atomic E-state index is 13.0. The Kier molecular flexibility index (Phi) is 5.82. The molecular formula is C27H28N2O3. The summed E-state index contributed by atoms with van der Waals surface area (Å²) in [5.41, 5.74) is 3.73. The van der Waals surface area contributed by atoms with E-state index in [1.807, 2.05) is 47.4 Å². The van der Waals surface area contributed by atoms with E-state index in [1.165, 1.54) is 16.7 Å². The van der Waals surface area contributed by atoms with Gasteiger partial charge in [-0.05, 0) is 47.4 Å². The minimum Gasteiger partial charge on any atom is -0.493 e. The molecule has 0 saturated carbocycles. The Hall–Kier alpha value is -3.31.